The number of esters is 1. The molecule has 1 heterocycles. The maximum Gasteiger partial charge on any atom is 0.340 e. The molecule has 0 atom stereocenters. The molecule has 0 aliphatic carbocycles. The molecule has 5 nitrogen and oxygen atoms in total. The number of hydrogen-bond donors (Lipinski definition) is 2. The average Bonchev–Trinajstić information content (AvgIpc) is 2.43. The van der Waals surface area contributed by atoms with E-state index in [4.69, 9.17) is 15.2 Å². The van der Waals surface area contributed by atoms with Crippen LogP contribution in [0.1, 0.15) is 28.8 Å². The van der Waals surface area contributed by atoms with Crippen molar-refractivity contribution in [2.24, 2.45) is 0 Å². The van der Waals surface area contributed by atoms with Crippen LogP contribution in [0.25, 0.3) is 0 Å². The maximum absolute atomic E-state index is 11.7. The van der Waals surface area contributed by atoms with Gasteiger partial charge in [0.2, 0.25) is 0 Å². The Morgan fingerprint density at radius 3 is 2.74 bits per heavy atom. The van der Waals surface area contributed by atoms with Crippen LogP contribution in [0, 0.1) is 6.92 Å². The molecule has 0 aromatic heterocycles. The number of nitrogens with one attached hydrogen (secondary N) is 1. The highest BCUT2D eigenvalue weighted by molar-refractivity contribution is 5.97. The van der Waals surface area contributed by atoms with Crippen molar-refractivity contribution in [3.8, 4) is 0 Å². The van der Waals surface area contributed by atoms with Gasteiger partial charge < -0.3 is 20.5 Å². The van der Waals surface area contributed by atoms with Crippen molar-refractivity contribution in [2.45, 2.75) is 25.8 Å². The third kappa shape index (κ3) is 3.17. The van der Waals surface area contributed by atoms with E-state index in [0.717, 1.165) is 37.3 Å². The Morgan fingerprint density at radius 2 is 2.11 bits per heavy atom. The van der Waals surface area contributed by atoms with Crippen molar-refractivity contribution < 1.29 is 14.3 Å². The molecule has 19 heavy (non-hydrogen) atoms. The zero-order chi connectivity index (χ0) is 13.8. The number of anilines is 2. The molecule has 0 radical (unpaired) electrons. The van der Waals surface area contributed by atoms with Crippen molar-refractivity contribution in [2.75, 3.05) is 31.4 Å². The van der Waals surface area contributed by atoms with Gasteiger partial charge in [-0.15, -0.1) is 0 Å². The first-order valence-electron chi connectivity index (χ1n) is 6.44. The van der Waals surface area contributed by atoms with E-state index >= 15 is 0 Å². The summed E-state index contributed by atoms with van der Waals surface area (Å²) in [7, 11) is 1.36. The van der Waals surface area contributed by atoms with Gasteiger partial charge in [0, 0.05) is 30.6 Å². The summed E-state index contributed by atoms with van der Waals surface area (Å²) in [4.78, 5) is 11.7. The Balaban J connectivity index is 2.20. The predicted molar refractivity (Wildman–Crippen MR) is 74.4 cm³/mol. The summed E-state index contributed by atoms with van der Waals surface area (Å²) in [6, 6.07) is 4.09. The molecule has 2 rings (SSSR count). The number of aryl methyl sites for hydroxylation is 1. The number of methoxy groups -OCH3 is 1. The Hall–Kier alpha value is -1.75. The summed E-state index contributed by atoms with van der Waals surface area (Å²) in [6.07, 6.45) is 1.94. The first kappa shape index (κ1) is 13.7. The largest absolute Gasteiger partial charge is 0.465 e. The number of carbonyl (C=O) groups excluding carboxylic acids is 1. The van der Waals surface area contributed by atoms with E-state index in [1.165, 1.54) is 7.11 Å². The second kappa shape index (κ2) is 5.93. The van der Waals surface area contributed by atoms with Gasteiger partial charge in [0.1, 0.15) is 0 Å². The van der Waals surface area contributed by atoms with E-state index in [-0.39, 0.29) is 0 Å². The minimum absolute atomic E-state index is 0.377. The summed E-state index contributed by atoms with van der Waals surface area (Å²) in [5.41, 5.74) is 8.58. The Bertz CT molecular complexity index is 468. The molecule has 104 valence electrons. The van der Waals surface area contributed by atoms with E-state index in [2.05, 4.69) is 5.32 Å². The van der Waals surface area contributed by atoms with Gasteiger partial charge in [0.15, 0.2) is 0 Å². The minimum atomic E-state index is -0.406. The third-order valence-corrected chi connectivity index (χ3v) is 3.38. The van der Waals surface area contributed by atoms with Crippen LogP contribution in [0.3, 0.4) is 0 Å². The second-order valence-electron chi connectivity index (χ2n) is 4.78. The molecule has 1 aliphatic heterocycles. The zero-order valence-corrected chi connectivity index (χ0v) is 11.4. The Labute approximate surface area is 113 Å². The average molecular weight is 264 g/mol. The van der Waals surface area contributed by atoms with Crippen LogP contribution >= 0.6 is 0 Å². The molecular formula is C14H20N2O3. The normalized spacial score (nSPS) is 16.1. The number of nitrogen functional groups attached to an aromatic ring is 1. The Morgan fingerprint density at radius 1 is 1.42 bits per heavy atom. The fourth-order valence-corrected chi connectivity index (χ4v) is 2.24. The van der Waals surface area contributed by atoms with Crippen LogP contribution in [-0.4, -0.2) is 32.3 Å². The number of hydrogen-bond acceptors (Lipinski definition) is 5. The van der Waals surface area contributed by atoms with Crippen molar-refractivity contribution in [1.82, 2.24) is 0 Å². The van der Waals surface area contributed by atoms with Crippen LogP contribution < -0.4 is 11.1 Å². The van der Waals surface area contributed by atoms with Crippen LogP contribution in [0.5, 0.6) is 0 Å². The fourth-order valence-electron chi connectivity index (χ4n) is 2.24. The molecule has 1 saturated heterocycles. The van der Waals surface area contributed by atoms with Gasteiger partial charge in [0.05, 0.1) is 12.7 Å². The summed E-state index contributed by atoms with van der Waals surface area (Å²) in [5.74, 6) is -0.406. The molecule has 0 saturated carbocycles. The van der Waals surface area contributed by atoms with Gasteiger partial charge >= 0.3 is 5.97 Å². The van der Waals surface area contributed by atoms with E-state index in [9.17, 15) is 4.79 Å². The molecule has 0 unspecified atom stereocenters. The molecule has 0 spiro atoms. The molecule has 1 aromatic rings. The predicted octanol–water partition coefficient (Wildman–Crippen LogP) is 1.95. The lowest BCUT2D eigenvalue weighted by molar-refractivity contribution is 0.0602. The maximum atomic E-state index is 11.7. The monoisotopic (exact) mass is 264 g/mol. The number of rotatable bonds is 3. The first-order chi connectivity index (χ1) is 9.11. The van der Waals surface area contributed by atoms with Gasteiger partial charge in [-0.1, -0.05) is 0 Å². The number of carbonyl (C=O) groups is 1. The van der Waals surface area contributed by atoms with Gasteiger partial charge in [-0.25, -0.2) is 4.79 Å². The molecule has 1 fully saturated rings. The lowest BCUT2D eigenvalue weighted by Gasteiger charge is -2.24. The zero-order valence-electron chi connectivity index (χ0n) is 11.4. The van der Waals surface area contributed by atoms with Gasteiger partial charge in [0.25, 0.3) is 0 Å². The Kier molecular flexibility index (Phi) is 4.27. The van der Waals surface area contributed by atoms with Gasteiger partial charge in [-0.2, -0.15) is 0 Å². The number of ether oxygens (including phenoxy) is 2. The van der Waals surface area contributed by atoms with Crippen LogP contribution in [0.15, 0.2) is 12.1 Å². The van der Waals surface area contributed by atoms with Crippen LogP contribution in [0.4, 0.5) is 11.4 Å². The van der Waals surface area contributed by atoms with E-state index in [1.807, 2.05) is 13.0 Å². The molecule has 3 N–H and O–H groups in total. The number of benzene rings is 1. The van der Waals surface area contributed by atoms with E-state index in [0.29, 0.717) is 17.3 Å². The van der Waals surface area contributed by atoms with Crippen LogP contribution in [-0.2, 0) is 9.47 Å². The van der Waals surface area contributed by atoms with E-state index < -0.39 is 5.97 Å². The second-order valence-corrected chi connectivity index (χ2v) is 4.78. The van der Waals surface area contributed by atoms with E-state index in [1.54, 1.807) is 6.07 Å². The molecule has 0 amide bonds. The summed E-state index contributed by atoms with van der Waals surface area (Å²) < 4.78 is 10.1. The highest BCUT2D eigenvalue weighted by atomic mass is 16.5. The van der Waals surface area contributed by atoms with Gasteiger partial charge in [-0.05, 0) is 37.5 Å². The fraction of sp³-hybridized carbons (Fsp3) is 0.500. The third-order valence-electron chi connectivity index (χ3n) is 3.38. The van der Waals surface area contributed by atoms with Crippen molar-refractivity contribution >= 4 is 17.3 Å². The molecular weight excluding hydrogens is 244 g/mol. The SMILES string of the molecule is COC(=O)c1cc(NC2CCOCC2)cc(C)c1N. The minimum Gasteiger partial charge on any atom is -0.465 e. The summed E-state index contributed by atoms with van der Waals surface area (Å²) >= 11 is 0. The lowest BCUT2D eigenvalue weighted by atomic mass is 10.0. The summed E-state index contributed by atoms with van der Waals surface area (Å²) in [6.45, 7) is 3.43. The molecule has 5 heteroatoms. The molecule has 1 aliphatic rings. The lowest BCUT2D eigenvalue weighted by Crippen LogP contribution is -2.28. The topological polar surface area (TPSA) is 73.6 Å². The first-order valence-corrected chi connectivity index (χ1v) is 6.44. The quantitative estimate of drug-likeness (QED) is 0.645. The molecule has 1 aromatic carbocycles. The highest BCUT2D eigenvalue weighted by Crippen LogP contribution is 2.25. The van der Waals surface area contributed by atoms with Crippen molar-refractivity contribution in [3.63, 3.8) is 0 Å². The molecule has 0 bridgehead atoms. The number of nitrogens with two attached hydrogens (primary N) is 1. The summed E-state index contributed by atoms with van der Waals surface area (Å²) in [5, 5.41) is 3.42. The standard InChI is InChI=1S/C14H20N2O3/c1-9-7-11(16-10-3-5-19-6-4-10)8-12(13(9)15)14(17)18-2/h7-8,10,16H,3-6,15H2,1-2H3. The van der Waals surface area contributed by atoms with Crippen LogP contribution in [0.2, 0.25) is 0 Å². The smallest absolute Gasteiger partial charge is 0.340 e. The highest BCUT2D eigenvalue weighted by Gasteiger charge is 2.17. The van der Waals surface area contributed by atoms with Crippen molar-refractivity contribution in [1.29, 1.82) is 0 Å². The van der Waals surface area contributed by atoms with Gasteiger partial charge in [-0.3, -0.25) is 0 Å². The van der Waals surface area contributed by atoms with Crippen molar-refractivity contribution in [3.05, 3.63) is 23.3 Å².